The number of nitrogens with one attached hydrogen (secondary N) is 1. The van der Waals surface area contributed by atoms with Gasteiger partial charge in [-0.1, -0.05) is 29.8 Å². The fourth-order valence-corrected chi connectivity index (χ4v) is 3.59. The molecule has 0 aromatic heterocycles. The molecule has 5 nitrogen and oxygen atoms in total. The molecule has 0 radical (unpaired) electrons. The second-order valence-corrected chi connectivity index (χ2v) is 7.32. The summed E-state index contributed by atoms with van der Waals surface area (Å²) in [6.45, 7) is 2.85. The largest absolute Gasteiger partial charge is 0.491 e. The topological polar surface area (TPSA) is 64.6 Å². The quantitative estimate of drug-likeness (QED) is 0.726. The summed E-state index contributed by atoms with van der Waals surface area (Å²) in [4.78, 5) is 0.189. The van der Waals surface area contributed by atoms with E-state index >= 15 is 0 Å². The van der Waals surface area contributed by atoms with Crippen LogP contribution in [0, 0.1) is 6.92 Å². The van der Waals surface area contributed by atoms with Crippen molar-refractivity contribution in [3.05, 3.63) is 58.6 Å². The molecule has 0 aliphatic rings. The van der Waals surface area contributed by atoms with Crippen LogP contribution < -0.4 is 9.46 Å². The average Bonchev–Trinajstić information content (AvgIpc) is 2.57. The Kier molecular flexibility index (Phi) is 6.62. The van der Waals surface area contributed by atoms with Gasteiger partial charge in [0, 0.05) is 18.7 Å². The second kappa shape index (κ2) is 8.48. The fraction of sp³-hybridized carbons (Fsp3) is 0.294. The first-order chi connectivity index (χ1) is 11.4. The van der Waals surface area contributed by atoms with Crippen LogP contribution in [-0.4, -0.2) is 28.7 Å². The predicted octanol–water partition coefficient (Wildman–Crippen LogP) is 3.15. The van der Waals surface area contributed by atoms with Crippen LogP contribution in [0.15, 0.2) is 47.4 Å². The molecule has 0 unspecified atom stereocenters. The number of ether oxygens (including phenoxy) is 2. The van der Waals surface area contributed by atoms with Gasteiger partial charge in [0.05, 0.1) is 11.5 Å². The highest BCUT2D eigenvalue weighted by Gasteiger charge is 2.17. The molecule has 24 heavy (non-hydrogen) atoms. The summed E-state index contributed by atoms with van der Waals surface area (Å²) < 4.78 is 37.8. The first-order valence-electron chi connectivity index (χ1n) is 7.39. The molecule has 0 saturated heterocycles. The highest BCUT2D eigenvalue weighted by atomic mass is 35.5. The molecular weight excluding hydrogens is 350 g/mol. The lowest BCUT2D eigenvalue weighted by molar-refractivity contribution is 0.146. The molecule has 2 rings (SSSR count). The molecule has 1 N–H and O–H groups in total. The van der Waals surface area contributed by atoms with Gasteiger partial charge in [-0.2, -0.15) is 0 Å². The zero-order valence-corrected chi connectivity index (χ0v) is 15.2. The van der Waals surface area contributed by atoms with Gasteiger partial charge in [-0.15, -0.1) is 0 Å². The van der Waals surface area contributed by atoms with Crippen LogP contribution >= 0.6 is 11.6 Å². The fourth-order valence-electron chi connectivity index (χ4n) is 2.08. The molecule has 2 aromatic rings. The Morgan fingerprint density at radius 3 is 2.46 bits per heavy atom. The Morgan fingerprint density at radius 1 is 1.08 bits per heavy atom. The van der Waals surface area contributed by atoms with E-state index in [0.717, 1.165) is 5.56 Å². The Morgan fingerprint density at radius 2 is 1.79 bits per heavy atom. The van der Waals surface area contributed by atoms with Gasteiger partial charge in [-0.05, 0) is 42.3 Å². The summed E-state index contributed by atoms with van der Waals surface area (Å²) in [5.41, 5.74) is 1.37. The third-order valence-electron chi connectivity index (χ3n) is 3.45. The normalized spacial score (nSPS) is 11.5. The summed E-state index contributed by atoms with van der Waals surface area (Å²) in [5.74, 6) is 0.712. The number of hydrogen-bond donors (Lipinski definition) is 1. The SMILES string of the molecule is COCCOc1ccc(CNS(=O)(=O)c2cccc(Cl)c2C)cc1. The molecule has 0 heterocycles. The minimum atomic E-state index is -3.62. The lowest BCUT2D eigenvalue weighted by Crippen LogP contribution is -2.24. The van der Waals surface area contributed by atoms with Gasteiger partial charge < -0.3 is 9.47 Å². The number of hydrogen-bond acceptors (Lipinski definition) is 4. The minimum Gasteiger partial charge on any atom is -0.491 e. The van der Waals surface area contributed by atoms with Crippen LogP contribution in [-0.2, 0) is 21.3 Å². The molecule has 130 valence electrons. The smallest absolute Gasteiger partial charge is 0.241 e. The maximum absolute atomic E-state index is 12.4. The van der Waals surface area contributed by atoms with Crippen molar-refractivity contribution in [2.75, 3.05) is 20.3 Å². The van der Waals surface area contributed by atoms with E-state index in [1.807, 2.05) is 12.1 Å². The van der Waals surface area contributed by atoms with Gasteiger partial charge in [0.1, 0.15) is 12.4 Å². The van der Waals surface area contributed by atoms with E-state index in [2.05, 4.69) is 4.72 Å². The summed E-state index contributed by atoms with van der Waals surface area (Å²) in [6, 6.07) is 12.0. The van der Waals surface area contributed by atoms with Crippen molar-refractivity contribution < 1.29 is 17.9 Å². The average molecular weight is 370 g/mol. The highest BCUT2D eigenvalue weighted by Crippen LogP contribution is 2.22. The number of sulfonamides is 1. The number of rotatable bonds is 8. The first kappa shape index (κ1) is 18.7. The van der Waals surface area contributed by atoms with Crippen molar-refractivity contribution in [3.63, 3.8) is 0 Å². The van der Waals surface area contributed by atoms with Crippen molar-refractivity contribution in [3.8, 4) is 5.75 Å². The Balaban J connectivity index is 2.00. The molecular formula is C17H20ClNO4S. The molecule has 0 saturated carbocycles. The van der Waals surface area contributed by atoms with Crippen molar-refractivity contribution in [2.45, 2.75) is 18.4 Å². The lowest BCUT2D eigenvalue weighted by atomic mass is 10.2. The Labute approximate surface area is 147 Å². The second-order valence-electron chi connectivity index (χ2n) is 5.17. The standard InChI is InChI=1S/C17H20ClNO4S/c1-13-16(18)4-3-5-17(13)24(20,21)19-12-14-6-8-15(9-7-14)23-11-10-22-2/h3-9,19H,10-12H2,1-2H3. The van der Waals surface area contributed by atoms with Gasteiger partial charge in [-0.25, -0.2) is 13.1 Å². The number of methoxy groups -OCH3 is 1. The van der Waals surface area contributed by atoms with Gasteiger partial charge >= 0.3 is 0 Å². The van der Waals surface area contributed by atoms with E-state index in [1.54, 1.807) is 38.3 Å². The van der Waals surface area contributed by atoms with Crippen LogP contribution in [0.5, 0.6) is 5.75 Å². The predicted molar refractivity (Wildman–Crippen MR) is 94.0 cm³/mol. The molecule has 0 bridgehead atoms. The first-order valence-corrected chi connectivity index (χ1v) is 9.25. The third-order valence-corrected chi connectivity index (χ3v) is 5.41. The van der Waals surface area contributed by atoms with E-state index in [0.29, 0.717) is 29.5 Å². The molecule has 0 aliphatic heterocycles. The molecule has 0 atom stereocenters. The summed E-state index contributed by atoms with van der Waals surface area (Å²) in [6.07, 6.45) is 0. The van der Waals surface area contributed by atoms with Crippen LogP contribution in [0.1, 0.15) is 11.1 Å². The van der Waals surface area contributed by atoms with Gasteiger partial charge in [0.25, 0.3) is 0 Å². The highest BCUT2D eigenvalue weighted by molar-refractivity contribution is 7.89. The van der Waals surface area contributed by atoms with Gasteiger partial charge in [0.15, 0.2) is 0 Å². The molecule has 0 aliphatic carbocycles. The zero-order chi connectivity index (χ0) is 17.6. The van der Waals surface area contributed by atoms with Crippen molar-refractivity contribution in [1.82, 2.24) is 4.72 Å². The van der Waals surface area contributed by atoms with Crippen molar-refractivity contribution in [2.24, 2.45) is 0 Å². The van der Waals surface area contributed by atoms with Crippen LogP contribution in [0.2, 0.25) is 5.02 Å². The van der Waals surface area contributed by atoms with E-state index < -0.39 is 10.0 Å². The summed E-state index contributed by atoms with van der Waals surface area (Å²) in [5, 5.41) is 0.426. The van der Waals surface area contributed by atoms with E-state index in [1.165, 1.54) is 6.07 Å². The van der Waals surface area contributed by atoms with Crippen LogP contribution in [0.25, 0.3) is 0 Å². The molecule has 0 spiro atoms. The Hall–Kier alpha value is -1.60. The van der Waals surface area contributed by atoms with Crippen LogP contribution in [0.3, 0.4) is 0 Å². The number of halogens is 1. The lowest BCUT2D eigenvalue weighted by Gasteiger charge is -2.11. The molecule has 2 aromatic carbocycles. The third kappa shape index (κ3) is 4.95. The van der Waals surface area contributed by atoms with Crippen molar-refractivity contribution >= 4 is 21.6 Å². The summed E-state index contributed by atoms with van der Waals surface area (Å²) >= 11 is 5.99. The van der Waals surface area contributed by atoms with Crippen molar-refractivity contribution in [1.29, 1.82) is 0 Å². The maximum Gasteiger partial charge on any atom is 0.241 e. The number of benzene rings is 2. The molecule has 7 heteroatoms. The van der Waals surface area contributed by atoms with E-state index in [-0.39, 0.29) is 11.4 Å². The minimum absolute atomic E-state index is 0.187. The van der Waals surface area contributed by atoms with Gasteiger partial charge in [-0.3, -0.25) is 0 Å². The summed E-state index contributed by atoms with van der Waals surface area (Å²) in [7, 11) is -2.01. The Bertz CT molecular complexity index is 776. The zero-order valence-electron chi connectivity index (χ0n) is 13.6. The monoisotopic (exact) mass is 369 g/mol. The molecule has 0 amide bonds. The van der Waals surface area contributed by atoms with Crippen LogP contribution in [0.4, 0.5) is 0 Å². The molecule has 0 fully saturated rings. The van der Waals surface area contributed by atoms with E-state index in [4.69, 9.17) is 21.1 Å². The van der Waals surface area contributed by atoms with E-state index in [9.17, 15) is 8.42 Å². The maximum atomic E-state index is 12.4. The van der Waals surface area contributed by atoms with Gasteiger partial charge in [0.2, 0.25) is 10.0 Å².